The third-order valence-electron chi connectivity index (χ3n) is 3.28. The summed E-state index contributed by atoms with van der Waals surface area (Å²) in [4.78, 5) is 10.4. The molecule has 0 radical (unpaired) electrons. The number of hydrogen-bond acceptors (Lipinski definition) is 6. The third-order valence-corrected chi connectivity index (χ3v) is 3.28. The summed E-state index contributed by atoms with van der Waals surface area (Å²) in [7, 11) is 0. The number of aliphatic hydroxyl groups excluding tert-OH is 1. The molecule has 1 atom stereocenters. The largest absolute Gasteiger partial charge is 0.473 e. The fraction of sp³-hybridized carbons (Fsp3) is 0.692. The van der Waals surface area contributed by atoms with Gasteiger partial charge in [0.1, 0.15) is 12.0 Å². The molecule has 0 aromatic carbocycles. The number of nitrogen functional groups attached to an aromatic ring is 1. The zero-order valence-electron chi connectivity index (χ0n) is 11.5. The average Bonchev–Trinajstić information content (AvgIpc) is 2.41. The molecule has 1 aliphatic heterocycles. The average molecular weight is 266 g/mol. The summed E-state index contributed by atoms with van der Waals surface area (Å²) in [5.41, 5.74) is 6.56. The highest BCUT2D eigenvalue weighted by molar-refractivity contribution is 5.68. The maximum absolute atomic E-state index is 9.47. The SMILES string of the molecule is CC(C)Oc1ncnc(N2CCCCC2CO)c1N. The maximum Gasteiger partial charge on any atom is 0.242 e. The van der Waals surface area contributed by atoms with Crippen LogP contribution in [-0.2, 0) is 0 Å². The Morgan fingerprint density at radius 1 is 1.47 bits per heavy atom. The standard InChI is InChI=1S/C13H22N4O2/c1-9(2)19-13-11(14)12(15-8-16-13)17-6-4-3-5-10(17)7-18/h8-10,18H,3-7,14H2,1-2H3. The molecule has 6 heteroatoms. The Labute approximate surface area is 113 Å². The first-order valence-electron chi connectivity index (χ1n) is 6.78. The predicted molar refractivity (Wildman–Crippen MR) is 74.3 cm³/mol. The van der Waals surface area contributed by atoms with Crippen molar-refractivity contribution in [3.63, 3.8) is 0 Å². The van der Waals surface area contributed by atoms with Crippen molar-refractivity contribution in [1.29, 1.82) is 0 Å². The molecule has 19 heavy (non-hydrogen) atoms. The van der Waals surface area contributed by atoms with Gasteiger partial charge in [-0.3, -0.25) is 0 Å². The second-order valence-electron chi connectivity index (χ2n) is 5.11. The first kappa shape index (κ1) is 13.9. The van der Waals surface area contributed by atoms with Crippen molar-refractivity contribution in [2.24, 2.45) is 0 Å². The molecule has 2 rings (SSSR count). The minimum absolute atomic E-state index is 0.0139. The smallest absolute Gasteiger partial charge is 0.242 e. The van der Waals surface area contributed by atoms with Crippen LogP contribution in [0.2, 0.25) is 0 Å². The first-order chi connectivity index (χ1) is 9.13. The lowest BCUT2D eigenvalue weighted by molar-refractivity contribution is 0.231. The number of aromatic nitrogens is 2. The van der Waals surface area contributed by atoms with E-state index < -0.39 is 0 Å². The Morgan fingerprint density at radius 2 is 2.26 bits per heavy atom. The van der Waals surface area contributed by atoms with Crippen LogP contribution < -0.4 is 15.4 Å². The van der Waals surface area contributed by atoms with E-state index in [4.69, 9.17) is 10.5 Å². The Morgan fingerprint density at radius 3 is 2.95 bits per heavy atom. The van der Waals surface area contributed by atoms with Gasteiger partial charge >= 0.3 is 0 Å². The normalized spacial score (nSPS) is 19.8. The van der Waals surface area contributed by atoms with Gasteiger partial charge in [-0.2, -0.15) is 4.98 Å². The lowest BCUT2D eigenvalue weighted by Gasteiger charge is -2.36. The summed E-state index contributed by atoms with van der Waals surface area (Å²) in [5, 5.41) is 9.47. The number of piperidine rings is 1. The van der Waals surface area contributed by atoms with Gasteiger partial charge in [0.25, 0.3) is 0 Å². The molecule has 1 fully saturated rings. The van der Waals surface area contributed by atoms with Crippen LogP contribution in [0.5, 0.6) is 5.88 Å². The van der Waals surface area contributed by atoms with Crippen LogP contribution in [0.4, 0.5) is 11.5 Å². The molecule has 0 amide bonds. The highest BCUT2D eigenvalue weighted by Gasteiger charge is 2.26. The van der Waals surface area contributed by atoms with Crippen LogP contribution in [0.25, 0.3) is 0 Å². The van der Waals surface area contributed by atoms with Crippen molar-refractivity contribution in [1.82, 2.24) is 9.97 Å². The number of hydrogen-bond donors (Lipinski definition) is 2. The Bertz CT molecular complexity index is 425. The van der Waals surface area contributed by atoms with Crippen LogP contribution in [0.3, 0.4) is 0 Å². The molecule has 2 heterocycles. The van der Waals surface area contributed by atoms with E-state index in [2.05, 4.69) is 14.9 Å². The Hall–Kier alpha value is -1.56. The van der Waals surface area contributed by atoms with Gasteiger partial charge in [0.05, 0.1) is 18.8 Å². The highest BCUT2D eigenvalue weighted by Crippen LogP contribution is 2.32. The van der Waals surface area contributed by atoms with Gasteiger partial charge in [-0.05, 0) is 33.1 Å². The second kappa shape index (κ2) is 6.06. The second-order valence-corrected chi connectivity index (χ2v) is 5.11. The number of aliphatic hydroxyl groups is 1. The summed E-state index contributed by atoms with van der Waals surface area (Å²) in [6, 6.07) is 0.0813. The van der Waals surface area contributed by atoms with Crippen LogP contribution in [0, 0.1) is 0 Å². The Balaban J connectivity index is 2.28. The summed E-state index contributed by atoms with van der Waals surface area (Å²) < 4.78 is 5.58. The summed E-state index contributed by atoms with van der Waals surface area (Å²) >= 11 is 0. The van der Waals surface area contributed by atoms with Gasteiger partial charge in [-0.15, -0.1) is 0 Å². The molecule has 1 aromatic rings. The number of nitrogens with zero attached hydrogens (tertiary/aromatic N) is 3. The molecular weight excluding hydrogens is 244 g/mol. The lowest BCUT2D eigenvalue weighted by Crippen LogP contribution is -2.42. The topological polar surface area (TPSA) is 84.5 Å². The fourth-order valence-electron chi connectivity index (χ4n) is 2.39. The van der Waals surface area contributed by atoms with E-state index in [1.807, 2.05) is 13.8 Å². The minimum atomic E-state index is 0.0139. The van der Waals surface area contributed by atoms with E-state index in [1.165, 1.54) is 6.33 Å². The van der Waals surface area contributed by atoms with Gasteiger partial charge < -0.3 is 20.5 Å². The lowest BCUT2D eigenvalue weighted by atomic mass is 10.0. The molecule has 0 spiro atoms. The molecule has 6 nitrogen and oxygen atoms in total. The summed E-state index contributed by atoms with van der Waals surface area (Å²) in [6.07, 6.45) is 4.65. The number of ether oxygens (including phenoxy) is 1. The number of rotatable bonds is 4. The zero-order chi connectivity index (χ0) is 13.8. The predicted octanol–water partition coefficient (Wildman–Crippen LogP) is 1.20. The molecule has 1 aliphatic rings. The van der Waals surface area contributed by atoms with Crippen molar-refractivity contribution >= 4 is 11.5 Å². The van der Waals surface area contributed by atoms with E-state index in [0.29, 0.717) is 17.4 Å². The van der Waals surface area contributed by atoms with Crippen LogP contribution in [0.1, 0.15) is 33.1 Å². The monoisotopic (exact) mass is 266 g/mol. The van der Waals surface area contributed by atoms with E-state index in [-0.39, 0.29) is 18.8 Å². The molecule has 106 valence electrons. The van der Waals surface area contributed by atoms with Gasteiger partial charge in [0.15, 0.2) is 5.82 Å². The first-order valence-corrected chi connectivity index (χ1v) is 6.78. The van der Waals surface area contributed by atoms with Gasteiger partial charge in [-0.1, -0.05) is 0 Å². The van der Waals surface area contributed by atoms with Crippen LogP contribution in [-0.4, -0.2) is 40.4 Å². The van der Waals surface area contributed by atoms with E-state index in [9.17, 15) is 5.11 Å². The molecule has 0 bridgehead atoms. The summed E-state index contributed by atoms with van der Waals surface area (Å²) in [5.74, 6) is 1.09. The van der Waals surface area contributed by atoms with Gasteiger partial charge in [0.2, 0.25) is 5.88 Å². The van der Waals surface area contributed by atoms with Crippen molar-refractivity contribution in [3.05, 3.63) is 6.33 Å². The summed E-state index contributed by atoms with van der Waals surface area (Å²) in [6.45, 7) is 4.83. The van der Waals surface area contributed by atoms with E-state index in [0.717, 1.165) is 25.8 Å². The third kappa shape index (κ3) is 3.07. The van der Waals surface area contributed by atoms with Crippen LogP contribution in [0.15, 0.2) is 6.33 Å². The van der Waals surface area contributed by atoms with Crippen molar-refractivity contribution in [2.75, 3.05) is 23.8 Å². The number of anilines is 2. The van der Waals surface area contributed by atoms with Crippen LogP contribution >= 0.6 is 0 Å². The van der Waals surface area contributed by atoms with E-state index >= 15 is 0 Å². The van der Waals surface area contributed by atoms with Crippen molar-refractivity contribution in [2.45, 2.75) is 45.3 Å². The molecule has 1 saturated heterocycles. The Kier molecular flexibility index (Phi) is 4.42. The van der Waals surface area contributed by atoms with Gasteiger partial charge in [-0.25, -0.2) is 4.98 Å². The molecule has 0 aliphatic carbocycles. The number of nitrogens with two attached hydrogens (primary N) is 1. The highest BCUT2D eigenvalue weighted by atomic mass is 16.5. The molecule has 0 saturated carbocycles. The quantitative estimate of drug-likeness (QED) is 0.851. The van der Waals surface area contributed by atoms with Crippen molar-refractivity contribution < 1.29 is 9.84 Å². The molecule has 3 N–H and O–H groups in total. The van der Waals surface area contributed by atoms with Crippen molar-refractivity contribution in [3.8, 4) is 5.88 Å². The fourth-order valence-corrected chi connectivity index (χ4v) is 2.39. The molecule has 1 unspecified atom stereocenters. The minimum Gasteiger partial charge on any atom is -0.473 e. The van der Waals surface area contributed by atoms with Gasteiger partial charge in [0, 0.05) is 6.54 Å². The van der Waals surface area contributed by atoms with E-state index in [1.54, 1.807) is 0 Å². The maximum atomic E-state index is 9.47. The zero-order valence-corrected chi connectivity index (χ0v) is 11.5. The molecular formula is C13H22N4O2. The molecule has 1 aromatic heterocycles.